The Balaban J connectivity index is 0.970. The number of rotatable bonds is 4. The Labute approximate surface area is 361 Å². The minimum atomic E-state index is 0.631. The Morgan fingerprint density at radius 3 is 1.98 bits per heavy atom. The largest absolute Gasteiger partial charge is 0.456 e. The van der Waals surface area contributed by atoms with Gasteiger partial charge in [0.1, 0.15) is 11.5 Å². The molecule has 0 bridgehead atoms. The van der Waals surface area contributed by atoms with E-state index in [1.54, 1.807) is 0 Å². The third-order valence-corrected chi connectivity index (χ3v) is 13.1. The van der Waals surface area contributed by atoms with Crippen molar-refractivity contribution in [1.29, 1.82) is 0 Å². The Morgan fingerprint density at radius 2 is 1.03 bits per heavy atom. The molecule has 0 saturated carbocycles. The predicted molar refractivity (Wildman–Crippen MR) is 260 cm³/mol. The van der Waals surface area contributed by atoms with Gasteiger partial charge in [0.2, 0.25) is 5.95 Å². The van der Waals surface area contributed by atoms with Crippen LogP contribution in [0.15, 0.2) is 206 Å². The number of hydrogen-bond donors (Lipinski definition) is 0. The van der Waals surface area contributed by atoms with Crippen molar-refractivity contribution in [3.8, 4) is 56.6 Å². The molecule has 0 aliphatic carbocycles. The fourth-order valence-electron chi connectivity index (χ4n) is 10.2. The van der Waals surface area contributed by atoms with Gasteiger partial charge in [0.15, 0.2) is 0 Å². The third kappa shape index (κ3) is 5.05. The molecule has 0 spiro atoms. The van der Waals surface area contributed by atoms with Crippen molar-refractivity contribution in [3.05, 3.63) is 206 Å². The average molecular weight is 803 g/mol. The number of fused-ring (bicyclic) bond motifs is 11. The number of hydrogen-bond acceptors (Lipinski definition) is 3. The van der Waals surface area contributed by atoms with E-state index in [-0.39, 0.29) is 0 Å². The summed E-state index contributed by atoms with van der Waals surface area (Å²) in [6.45, 7) is 0. The second-order valence-corrected chi connectivity index (χ2v) is 16.6. The number of nitrogens with zero attached hydrogens (tertiary/aromatic N) is 4. The van der Waals surface area contributed by atoms with Gasteiger partial charge in [0, 0.05) is 32.8 Å². The van der Waals surface area contributed by atoms with Gasteiger partial charge >= 0.3 is 0 Å². The summed E-state index contributed by atoms with van der Waals surface area (Å²) in [5.74, 6) is 2.21. The molecule has 1 aliphatic heterocycles. The molecule has 1 aliphatic rings. The molecule has 0 unspecified atom stereocenters. The van der Waals surface area contributed by atoms with Gasteiger partial charge in [-0.2, -0.15) is 0 Å². The monoisotopic (exact) mass is 802 g/mol. The summed E-state index contributed by atoms with van der Waals surface area (Å²) in [5.41, 5.74) is 13.0. The first-order valence-electron chi connectivity index (χ1n) is 21.4. The molecule has 63 heavy (non-hydrogen) atoms. The van der Waals surface area contributed by atoms with E-state index in [4.69, 9.17) is 14.7 Å². The molecule has 0 amide bonds. The van der Waals surface area contributed by atoms with E-state index in [1.165, 1.54) is 54.5 Å². The van der Waals surface area contributed by atoms with E-state index in [9.17, 15) is 0 Å². The fourth-order valence-corrected chi connectivity index (χ4v) is 10.2. The van der Waals surface area contributed by atoms with Gasteiger partial charge in [-0.25, -0.2) is 9.97 Å². The van der Waals surface area contributed by atoms with Gasteiger partial charge in [0.05, 0.1) is 38.7 Å². The normalized spacial score (nSPS) is 12.3. The van der Waals surface area contributed by atoms with Crippen LogP contribution in [0.4, 0.5) is 0 Å². The van der Waals surface area contributed by atoms with Gasteiger partial charge in [-0.05, 0) is 117 Å². The number of ether oxygens (including phenoxy) is 1. The summed E-state index contributed by atoms with van der Waals surface area (Å²) in [6.07, 6.45) is 0. The van der Waals surface area contributed by atoms with Crippen LogP contribution < -0.4 is 4.74 Å². The summed E-state index contributed by atoms with van der Waals surface area (Å²) < 4.78 is 11.0. The van der Waals surface area contributed by atoms with Crippen molar-refractivity contribution in [2.45, 2.75) is 0 Å². The van der Waals surface area contributed by atoms with Crippen LogP contribution in [-0.2, 0) is 0 Å². The summed E-state index contributed by atoms with van der Waals surface area (Å²) in [7, 11) is 0. The standard InChI is InChI=1S/C58H34N4O/c1-2-11-35(12-3-1)37-21-22-39-32-42(27-23-38(39)31-37)61-50-29-26-40(33-47(50)55-43-14-5-4-13-36(43)25-30-51(55)61)41-24-28-45-44-15-6-8-18-49(44)62(52(45)34-41)58-59-48-17-10-20-54-56(48)57(60-58)46-16-7-9-19-53(46)63-54/h1-34H. The topological polar surface area (TPSA) is 44.9 Å². The van der Waals surface area contributed by atoms with Gasteiger partial charge < -0.3 is 9.30 Å². The van der Waals surface area contributed by atoms with Crippen LogP contribution in [0.1, 0.15) is 0 Å². The lowest BCUT2D eigenvalue weighted by atomic mass is 9.99. The minimum Gasteiger partial charge on any atom is -0.456 e. The lowest BCUT2D eigenvalue weighted by molar-refractivity contribution is 0.486. The van der Waals surface area contributed by atoms with Crippen LogP contribution in [0, 0.1) is 0 Å². The highest BCUT2D eigenvalue weighted by Crippen LogP contribution is 2.46. The maximum Gasteiger partial charge on any atom is 0.235 e. The molecule has 3 aromatic heterocycles. The Hall–Kier alpha value is -8.54. The predicted octanol–water partition coefficient (Wildman–Crippen LogP) is 15.2. The van der Waals surface area contributed by atoms with E-state index < -0.39 is 0 Å². The van der Waals surface area contributed by atoms with E-state index in [0.29, 0.717) is 5.95 Å². The number of benzene rings is 10. The van der Waals surface area contributed by atoms with Crippen molar-refractivity contribution in [2.75, 3.05) is 0 Å². The fraction of sp³-hybridized carbons (Fsp3) is 0. The lowest BCUT2D eigenvalue weighted by Crippen LogP contribution is -2.06. The molecule has 5 heteroatoms. The van der Waals surface area contributed by atoms with E-state index in [0.717, 1.165) is 72.3 Å². The SMILES string of the molecule is c1ccc(-c2ccc3cc(-n4c5ccc(-c6ccc7c8ccccc8n(-c8nc9c%10c(cccc%10n8)Oc8ccccc8-9)c7c6)cc5c5c6ccccc6ccc54)ccc3c2)cc1. The molecule has 5 nitrogen and oxygen atoms in total. The molecule has 0 atom stereocenters. The van der Waals surface area contributed by atoms with E-state index in [1.807, 2.05) is 30.3 Å². The van der Waals surface area contributed by atoms with Crippen molar-refractivity contribution in [1.82, 2.24) is 19.1 Å². The molecule has 14 rings (SSSR count). The maximum absolute atomic E-state index is 6.34. The highest BCUT2D eigenvalue weighted by atomic mass is 16.5. The second kappa shape index (κ2) is 13.0. The summed E-state index contributed by atoms with van der Waals surface area (Å²) >= 11 is 0. The van der Waals surface area contributed by atoms with Crippen molar-refractivity contribution in [2.24, 2.45) is 0 Å². The second-order valence-electron chi connectivity index (χ2n) is 16.6. The summed E-state index contributed by atoms with van der Waals surface area (Å²) in [5, 5.41) is 10.6. The van der Waals surface area contributed by atoms with Crippen molar-refractivity contribution >= 4 is 76.1 Å². The maximum atomic E-state index is 6.34. The molecule has 292 valence electrons. The molecular weight excluding hydrogens is 769 g/mol. The van der Waals surface area contributed by atoms with Crippen LogP contribution >= 0.6 is 0 Å². The molecule has 13 aromatic rings. The third-order valence-electron chi connectivity index (χ3n) is 13.1. The number of para-hydroxylation sites is 2. The zero-order chi connectivity index (χ0) is 41.2. The quantitative estimate of drug-likeness (QED) is 0.178. The van der Waals surface area contributed by atoms with E-state index >= 15 is 0 Å². The Kier molecular flexibility index (Phi) is 7.05. The zero-order valence-corrected chi connectivity index (χ0v) is 33.8. The summed E-state index contributed by atoms with van der Waals surface area (Å²) in [4.78, 5) is 10.6. The highest BCUT2D eigenvalue weighted by Gasteiger charge is 2.25. The minimum absolute atomic E-state index is 0.631. The molecule has 4 heterocycles. The van der Waals surface area contributed by atoms with Crippen LogP contribution in [-0.4, -0.2) is 19.1 Å². The molecule has 0 radical (unpaired) electrons. The molecule has 10 aromatic carbocycles. The van der Waals surface area contributed by atoms with Crippen LogP contribution in [0.3, 0.4) is 0 Å². The van der Waals surface area contributed by atoms with Crippen LogP contribution in [0.25, 0.3) is 121 Å². The molecule has 0 fully saturated rings. The van der Waals surface area contributed by atoms with Gasteiger partial charge in [-0.15, -0.1) is 0 Å². The molecule has 0 N–H and O–H groups in total. The zero-order valence-electron chi connectivity index (χ0n) is 33.8. The first-order valence-corrected chi connectivity index (χ1v) is 21.4. The molecular formula is C58H34N4O. The summed E-state index contributed by atoms with van der Waals surface area (Å²) in [6, 6.07) is 74.1. The average Bonchev–Trinajstić information content (AvgIpc) is 3.86. The van der Waals surface area contributed by atoms with Crippen molar-refractivity contribution in [3.63, 3.8) is 0 Å². The molecule has 0 saturated heterocycles. The first-order chi connectivity index (χ1) is 31.2. The Morgan fingerprint density at radius 1 is 0.349 bits per heavy atom. The van der Waals surface area contributed by atoms with Crippen LogP contribution in [0.2, 0.25) is 0 Å². The van der Waals surface area contributed by atoms with E-state index in [2.05, 4.69) is 185 Å². The Bertz CT molecular complexity index is 4070. The smallest absolute Gasteiger partial charge is 0.235 e. The van der Waals surface area contributed by atoms with Crippen LogP contribution in [0.5, 0.6) is 11.5 Å². The van der Waals surface area contributed by atoms with Crippen molar-refractivity contribution < 1.29 is 4.74 Å². The lowest BCUT2D eigenvalue weighted by Gasteiger charge is -2.21. The highest BCUT2D eigenvalue weighted by molar-refractivity contribution is 6.22. The van der Waals surface area contributed by atoms with Gasteiger partial charge in [-0.3, -0.25) is 4.57 Å². The van der Waals surface area contributed by atoms with Gasteiger partial charge in [0.25, 0.3) is 0 Å². The number of aromatic nitrogens is 4. The van der Waals surface area contributed by atoms with Gasteiger partial charge in [-0.1, -0.05) is 133 Å². The first kappa shape index (κ1) is 34.2.